The fourth-order valence-corrected chi connectivity index (χ4v) is 5.85. The molecule has 0 saturated carbocycles. The van der Waals surface area contributed by atoms with Gasteiger partial charge in [0.15, 0.2) is 0 Å². The summed E-state index contributed by atoms with van der Waals surface area (Å²) in [5, 5.41) is 10.8. The number of fused-ring (bicyclic) bond motifs is 1. The Morgan fingerprint density at radius 1 is 1.17 bits per heavy atom. The monoisotopic (exact) mass is 504 g/mol. The van der Waals surface area contributed by atoms with Gasteiger partial charge in [0, 0.05) is 41.9 Å². The van der Waals surface area contributed by atoms with Crippen LogP contribution in [0.1, 0.15) is 31.0 Å². The summed E-state index contributed by atoms with van der Waals surface area (Å²) in [4.78, 5) is 6.90. The summed E-state index contributed by atoms with van der Waals surface area (Å²) in [6.45, 7) is 2.35. The molecule has 1 saturated heterocycles. The van der Waals surface area contributed by atoms with Crippen LogP contribution in [-0.2, 0) is 0 Å². The smallest absolute Gasteiger partial charge is 0.136 e. The second-order valence-corrected chi connectivity index (χ2v) is 10.2. The number of hydrogen-bond donors (Lipinski definition) is 1. The molecule has 1 unspecified atom stereocenters. The highest BCUT2D eigenvalue weighted by atomic mass is 32.2. The molecule has 0 radical (unpaired) electrons. The molecule has 0 amide bonds. The number of ether oxygens (including phenoxy) is 1. The quantitative estimate of drug-likeness (QED) is 0.341. The van der Waals surface area contributed by atoms with Crippen LogP contribution in [-0.4, -0.2) is 54.1 Å². The van der Waals surface area contributed by atoms with Crippen LogP contribution in [0.4, 0.5) is 13.2 Å². The van der Waals surface area contributed by atoms with Crippen LogP contribution in [0.25, 0.3) is 10.9 Å². The fraction of sp³-hybridized carbons (Fsp3) is 0.444. The molecule has 1 N–H and O–H groups in total. The summed E-state index contributed by atoms with van der Waals surface area (Å²) in [7, 11) is 1.59. The molecule has 2 heterocycles. The van der Waals surface area contributed by atoms with E-state index in [9.17, 15) is 13.9 Å². The Balaban J connectivity index is 1.30. The van der Waals surface area contributed by atoms with Gasteiger partial charge in [0.05, 0.1) is 12.6 Å². The second kappa shape index (κ2) is 12.1. The fourth-order valence-electron chi connectivity index (χ4n) is 4.88. The lowest BCUT2D eigenvalue weighted by Gasteiger charge is -2.38. The molecule has 4 rings (SSSR count). The van der Waals surface area contributed by atoms with E-state index in [-0.39, 0.29) is 18.4 Å². The number of aromatic nitrogens is 1. The number of likely N-dealkylation sites (tertiary alicyclic amines) is 1. The Bertz CT molecular complexity index is 1130. The van der Waals surface area contributed by atoms with E-state index in [1.165, 1.54) is 17.8 Å². The number of benzene rings is 2. The number of nitrogens with zero attached hydrogens (tertiary/aromatic N) is 2. The van der Waals surface area contributed by atoms with Gasteiger partial charge in [-0.25, -0.2) is 13.2 Å². The van der Waals surface area contributed by atoms with Crippen molar-refractivity contribution in [3.05, 3.63) is 65.9 Å². The van der Waals surface area contributed by atoms with E-state index in [4.69, 9.17) is 4.74 Å². The first-order valence-electron chi connectivity index (χ1n) is 12.0. The average molecular weight is 505 g/mol. The molecular weight excluding hydrogens is 473 g/mol. The zero-order valence-corrected chi connectivity index (χ0v) is 20.6. The first-order chi connectivity index (χ1) is 17.0. The van der Waals surface area contributed by atoms with E-state index in [2.05, 4.69) is 9.88 Å². The summed E-state index contributed by atoms with van der Waals surface area (Å²) in [6, 6.07) is 10.7. The highest BCUT2D eigenvalue weighted by Gasteiger charge is 2.29. The van der Waals surface area contributed by atoms with Gasteiger partial charge in [0.2, 0.25) is 0 Å². The predicted molar refractivity (Wildman–Crippen MR) is 134 cm³/mol. The van der Waals surface area contributed by atoms with Gasteiger partial charge < -0.3 is 14.7 Å². The van der Waals surface area contributed by atoms with Crippen molar-refractivity contribution in [1.82, 2.24) is 9.88 Å². The van der Waals surface area contributed by atoms with E-state index < -0.39 is 17.8 Å². The van der Waals surface area contributed by atoms with Gasteiger partial charge in [-0.2, -0.15) is 0 Å². The molecule has 4 nitrogen and oxygen atoms in total. The molecule has 35 heavy (non-hydrogen) atoms. The highest BCUT2D eigenvalue weighted by molar-refractivity contribution is 7.99. The molecule has 1 aliphatic rings. The standard InChI is InChI=1S/C27H31F3N2O2S/c1-34-21-4-7-26-23(15-21)22(8-10-31-26)24(29)5-2-18-9-11-32(16-19(18)17-33)12-13-35-27-14-20(28)3-6-25(27)30/h3-4,6-8,10,14-15,18-19,24,33H,2,5,9,11-13,16-17H2,1H3/t18-,19-,24?/m1/s1. The van der Waals surface area contributed by atoms with Crippen molar-refractivity contribution in [3.8, 4) is 5.75 Å². The topological polar surface area (TPSA) is 45.6 Å². The lowest BCUT2D eigenvalue weighted by atomic mass is 9.81. The van der Waals surface area contributed by atoms with Crippen molar-refractivity contribution < 1.29 is 23.0 Å². The van der Waals surface area contributed by atoms with E-state index in [0.29, 0.717) is 34.8 Å². The molecule has 0 bridgehead atoms. The van der Waals surface area contributed by atoms with Crippen molar-refractivity contribution in [2.24, 2.45) is 11.8 Å². The number of piperidine rings is 1. The number of alkyl halides is 1. The van der Waals surface area contributed by atoms with Crippen molar-refractivity contribution >= 4 is 22.7 Å². The summed E-state index contributed by atoms with van der Waals surface area (Å²) < 4.78 is 47.8. The van der Waals surface area contributed by atoms with Crippen LogP contribution in [0.3, 0.4) is 0 Å². The van der Waals surface area contributed by atoms with E-state index in [1.807, 2.05) is 18.2 Å². The number of pyridine rings is 1. The van der Waals surface area contributed by atoms with Crippen LogP contribution >= 0.6 is 11.8 Å². The van der Waals surface area contributed by atoms with Crippen molar-refractivity contribution in [2.45, 2.75) is 30.3 Å². The molecule has 0 aliphatic carbocycles. The largest absolute Gasteiger partial charge is 0.497 e. The zero-order valence-electron chi connectivity index (χ0n) is 19.8. The summed E-state index contributed by atoms with van der Waals surface area (Å²) in [6.07, 6.45) is 2.47. The van der Waals surface area contributed by atoms with Gasteiger partial charge >= 0.3 is 0 Å². The third kappa shape index (κ3) is 6.48. The van der Waals surface area contributed by atoms with Gasteiger partial charge in [-0.1, -0.05) is 0 Å². The maximum absolute atomic E-state index is 15.4. The summed E-state index contributed by atoms with van der Waals surface area (Å²) in [5.41, 5.74) is 1.36. The lowest BCUT2D eigenvalue weighted by Crippen LogP contribution is -2.43. The van der Waals surface area contributed by atoms with Crippen molar-refractivity contribution in [3.63, 3.8) is 0 Å². The summed E-state index contributed by atoms with van der Waals surface area (Å²) >= 11 is 1.30. The van der Waals surface area contributed by atoms with Crippen molar-refractivity contribution in [2.75, 3.05) is 39.1 Å². The Kier molecular flexibility index (Phi) is 8.92. The average Bonchev–Trinajstić information content (AvgIpc) is 2.88. The second-order valence-electron chi connectivity index (χ2n) is 9.04. The SMILES string of the molecule is COc1ccc2nccc(C(F)CC[C@@H]3CCN(CCSc4cc(F)ccc4F)C[C@@H]3CO)c2c1. The molecule has 1 aromatic heterocycles. The van der Waals surface area contributed by atoms with Gasteiger partial charge in [0.25, 0.3) is 0 Å². The Hall–Kier alpha value is -2.29. The van der Waals surface area contributed by atoms with Crippen LogP contribution in [0.5, 0.6) is 5.75 Å². The highest BCUT2D eigenvalue weighted by Crippen LogP contribution is 2.35. The number of rotatable bonds is 10. The minimum absolute atomic E-state index is 0.0547. The maximum Gasteiger partial charge on any atom is 0.136 e. The number of thioether (sulfide) groups is 1. The van der Waals surface area contributed by atoms with Crippen LogP contribution in [0.15, 0.2) is 53.6 Å². The van der Waals surface area contributed by atoms with Gasteiger partial charge in [0.1, 0.15) is 23.6 Å². The molecule has 3 atom stereocenters. The molecule has 2 aromatic carbocycles. The molecule has 188 valence electrons. The minimum atomic E-state index is -1.12. The Morgan fingerprint density at radius 3 is 2.83 bits per heavy atom. The van der Waals surface area contributed by atoms with Gasteiger partial charge in [-0.3, -0.25) is 4.98 Å². The van der Waals surface area contributed by atoms with E-state index in [1.54, 1.807) is 19.4 Å². The number of aliphatic hydroxyl groups excluding tert-OH is 1. The van der Waals surface area contributed by atoms with E-state index >= 15 is 4.39 Å². The molecule has 0 spiro atoms. The first-order valence-corrected chi connectivity index (χ1v) is 12.9. The minimum Gasteiger partial charge on any atom is -0.497 e. The maximum atomic E-state index is 15.4. The van der Waals surface area contributed by atoms with Crippen LogP contribution < -0.4 is 4.74 Å². The van der Waals surface area contributed by atoms with Gasteiger partial charge in [-0.15, -0.1) is 11.8 Å². The molecule has 3 aromatic rings. The van der Waals surface area contributed by atoms with Gasteiger partial charge in [-0.05, 0) is 85.7 Å². The molecule has 1 aliphatic heterocycles. The van der Waals surface area contributed by atoms with Crippen molar-refractivity contribution in [1.29, 1.82) is 0 Å². The number of hydrogen-bond acceptors (Lipinski definition) is 5. The number of aliphatic hydroxyl groups is 1. The Morgan fingerprint density at radius 2 is 2.03 bits per heavy atom. The number of halogens is 3. The molecule has 1 fully saturated rings. The first kappa shape index (κ1) is 25.8. The number of methoxy groups -OCH3 is 1. The normalized spacial score (nSPS) is 19.7. The predicted octanol–water partition coefficient (Wildman–Crippen LogP) is 6.04. The Labute approximate surface area is 208 Å². The van der Waals surface area contributed by atoms with E-state index in [0.717, 1.165) is 49.1 Å². The zero-order chi connectivity index (χ0) is 24.8. The lowest BCUT2D eigenvalue weighted by molar-refractivity contribution is 0.0672. The van der Waals surface area contributed by atoms with Crippen LogP contribution in [0.2, 0.25) is 0 Å². The third-order valence-corrected chi connectivity index (χ3v) is 7.89. The molecular formula is C27H31F3N2O2S. The summed E-state index contributed by atoms with van der Waals surface area (Å²) in [5.74, 6) is 0.759. The molecule has 8 heteroatoms. The third-order valence-electron chi connectivity index (χ3n) is 6.88. The van der Waals surface area contributed by atoms with Crippen LogP contribution in [0, 0.1) is 23.5 Å².